The SMILES string of the molecule is C=CC(=O)OCCOC(=O)CCCOC#N. The van der Waals surface area contributed by atoms with Crippen LogP contribution >= 0.6 is 0 Å². The van der Waals surface area contributed by atoms with Gasteiger partial charge in [0.05, 0.1) is 0 Å². The number of esters is 2. The molecule has 0 saturated heterocycles. The van der Waals surface area contributed by atoms with Gasteiger partial charge in [-0.15, -0.1) is 0 Å². The summed E-state index contributed by atoms with van der Waals surface area (Å²) in [6.45, 7) is 3.42. The van der Waals surface area contributed by atoms with Crippen molar-refractivity contribution in [1.29, 1.82) is 5.26 Å². The van der Waals surface area contributed by atoms with E-state index in [1.54, 1.807) is 0 Å². The second kappa shape index (κ2) is 9.52. The monoisotopic (exact) mass is 227 g/mol. The van der Waals surface area contributed by atoms with Crippen molar-refractivity contribution in [2.75, 3.05) is 19.8 Å². The molecule has 0 aliphatic carbocycles. The van der Waals surface area contributed by atoms with E-state index in [0.717, 1.165) is 6.08 Å². The van der Waals surface area contributed by atoms with Gasteiger partial charge in [0, 0.05) is 12.5 Å². The fourth-order valence-electron chi connectivity index (χ4n) is 0.763. The summed E-state index contributed by atoms with van der Waals surface area (Å²) in [4.78, 5) is 21.6. The van der Waals surface area contributed by atoms with Crippen LogP contribution in [0.15, 0.2) is 12.7 Å². The zero-order valence-corrected chi connectivity index (χ0v) is 8.81. The molecule has 0 aliphatic heterocycles. The fraction of sp³-hybridized carbons (Fsp3) is 0.500. The van der Waals surface area contributed by atoms with Crippen LogP contribution in [0.1, 0.15) is 12.8 Å². The van der Waals surface area contributed by atoms with Crippen LogP contribution in [0.5, 0.6) is 0 Å². The smallest absolute Gasteiger partial charge is 0.330 e. The van der Waals surface area contributed by atoms with Gasteiger partial charge in [-0.25, -0.2) is 4.79 Å². The average Bonchev–Trinajstić information content (AvgIpc) is 2.30. The van der Waals surface area contributed by atoms with Crippen molar-refractivity contribution in [2.24, 2.45) is 0 Å². The maximum atomic E-state index is 11.0. The summed E-state index contributed by atoms with van der Waals surface area (Å²) in [7, 11) is 0. The lowest BCUT2D eigenvalue weighted by atomic mass is 10.3. The summed E-state index contributed by atoms with van der Waals surface area (Å²) in [6, 6.07) is 0. The predicted molar refractivity (Wildman–Crippen MR) is 52.9 cm³/mol. The average molecular weight is 227 g/mol. The van der Waals surface area contributed by atoms with Gasteiger partial charge in [-0.1, -0.05) is 6.58 Å². The van der Waals surface area contributed by atoms with Crippen LogP contribution in [0, 0.1) is 11.5 Å². The lowest BCUT2D eigenvalue weighted by Gasteiger charge is -2.04. The van der Waals surface area contributed by atoms with Gasteiger partial charge >= 0.3 is 11.9 Å². The van der Waals surface area contributed by atoms with Crippen molar-refractivity contribution in [3.05, 3.63) is 12.7 Å². The second-order valence-electron chi connectivity index (χ2n) is 2.64. The van der Waals surface area contributed by atoms with Crippen LogP contribution in [0.4, 0.5) is 0 Å². The van der Waals surface area contributed by atoms with Gasteiger partial charge in [-0.2, -0.15) is 5.26 Å². The van der Waals surface area contributed by atoms with E-state index in [1.807, 2.05) is 0 Å². The maximum Gasteiger partial charge on any atom is 0.330 e. The van der Waals surface area contributed by atoms with Crippen molar-refractivity contribution in [3.63, 3.8) is 0 Å². The molecular weight excluding hydrogens is 214 g/mol. The molecule has 0 aliphatic rings. The first-order valence-corrected chi connectivity index (χ1v) is 4.66. The van der Waals surface area contributed by atoms with Crippen LogP contribution in [0.25, 0.3) is 0 Å². The van der Waals surface area contributed by atoms with Gasteiger partial charge in [-0.3, -0.25) is 4.79 Å². The first-order chi connectivity index (χ1) is 7.70. The molecule has 0 saturated carbocycles. The number of hydrogen-bond acceptors (Lipinski definition) is 6. The fourth-order valence-corrected chi connectivity index (χ4v) is 0.763. The number of ether oxygens (including phenoxy) is 3. The second-order valence-corrected chi connectivity index (χ2v) is 2.64. The van der Waals surface area contributed by atoms with Crippen LogP contribution in [0.2, 0.25) is 0 Å². The Hall–Kier alpha value is -2.03. The van der Waals surface area contributed by atoms with Crippen molar-refractivity contribution in [2.45, 2.75) is 12.8 Å². The molecule has 0 fully saturated rings. The number of carbonyl (C=O) groups excluding carboxylic acids is 2. The molecule has 0 aromatic rings. The van der Waals surface area contributed by atoms with E-state index in [-0.39, 0.29) is 26.2 Å². The summed E-state index contributed by atoms with van der Waals surface area (Å²) in [5, 5.41) is 8.04. The Kier molecular flexibility index (Phi) is 8.31. The summed E-state index contributed by atoms with van der Waals surface area (Å²) in [5.74, 6) is -0.977. The Morgan fingerprint density at radius 1 is 1.25 bits per heavy atom. The molecule has 0 aromatic carbocycles. The van der Waals surface area contributed by atoms with Gasteiger partial charge < -0.3 is 14.2 Å². The summed E-state index contributed by atoms with van der Waals surface area (Å²) >= 11 is 0. The van der Waals surface area contributed by atoms with Crippen molar-refractivity contribution < 1.29 is 23.8 Å². The van der Waals surface area contributed by atoms with Crippen LogP contribution in [-0.4, -0.2) is 31.8 Å². The van der Waals surface area contributed by atoms with E-state index in [0.29, 0.717) is 6.42 Å². The van der Waals surface area contributed by atoms with Crippen LogP contribution in [-0.2, 0) is 23.8 Å². The zero-order chi connectivity index (χ0) is 12.2. The third-order valence-corrected chi connectivity index (χ3v) is 1.45. The molecular formula is C10H13NO5. The number of rotatable bonds is 8. The molecule has 0 amide bonds. The number of carbonyl (C=O) groups is 2. The Balaban J connectivity index is 3.34. The zero-order valence-electron chi connectivity index (χ0n) is 8.81. The molecule has 0 N–H and O–H groups in total. The van der Waals surface area contributed by atoms with Gasteiger partial charge in [0.15, 0.2) is 0 Å². The third-order valence-electron chi connectivity index (χ3n) is 1.45. The Bertz CT molecular complexity index is 281. The largest absolute Gasteiger partial charge is 0.462 e. The minimum absolute atomic E-state index is 0.00525. The minimum atomic E-state index is -0.557. The molecule has 0 rings (SSSR count). The van der Waals surface area contributed by atoms with E-state index >= 15 is 0 Å². The predicted octanol–water partition coefficient (Wildman–Crippen LogP) is 0.537. The van der Waals surface area contributed by atoms with E-state index in [9.17, 15) is 9.59 Å². The molecule has 0 bridgehead atoms. The van der Waals surface area contributed by atoms with E-state index < -0.39 is 11.9 Å². The molecule has 0 radical (unpaired) electrons. The van der Waals surface area contributed by atoms with Gasteiger partial charge in [0.1, 0.15) is 19.8 Å². The van der Waals surface area contributed by atoms with Crippen LogP contribution in [0.3, 0.4) is 0 Å². The van der Waals surface area contributed by atoms with E-state index in [2.05, 4.69) is 16.1 Å². The highest BCUT2D eigenvalue weighted by molar-refractivity contribution is 5.81. The Morgan fingerprint density at radius 3 is 2.56 bits per heavy atom. The molecule has 6 nitrogen and oxygen atoms in total. The van der Waals surface area contributed by atoms with Crippen molar-refractivity contribution >= 4 is 11.9 Å². The summed E-state index contributed by atoms with van der Waals surface area (Å²) < 4.78 is 13.7. The molecule has 0 spiro atoms. The molecule has 0 unspecified atom stereocenters. The first-order valence-electron chi connectivity index (χ1n) is 4.66. The molecule has 6 heteroatoms. The van der Waals surface area contributed by atoms with Gasteiger partial charge in [0.25, 0.3) is 6.26 Å². The van der Waals surface area contributed by atoms with Crippen LogP contribution < -0.4 is 0 Å². The quantitative estimate of drug-likeness (QED) is 0.260. The molecule has 0 aromatic heterocycles. The third kappa shape index (κ3) is 8.56. The Morgan fingerprint density at radius 2 is 1.94 bits per heavy atom. The topological polar surface area (TPSA) is 85.6 Å². The lowest BCUT2D eigenvalue weighted by molar-refractivity contribution is -0.149. The molecule has 0 atom stereocenters. The van der Waals surface area contributed by atoms with E-state index in [1.165, 1.54) is 6.26 Å². The summed E-state index contributed by atoms with van der Waals surface area (Å²) in [5.41, 5.74) is 0. The maximum absolute atomic E-state index is 11.0. The lowest BCUT2D eigenvalue weighted by Crippen LogP contribution is -2.12. The van der Waals surface area contributed by atoms with E-state index in [4.69, 9.17) is 10.00 Å². The highest BCUT2D eigenvalue weighted by atomic mass is 16.6. The minimum Gasteiger partial charge on any atom is -0.462 e. The van der Waals surface area contributed by atoms with Crippen molar-refractivity contribution in [1.82, 2.24) is 0 Å². The molecule has 88 valence electrons. The molecule has 16 heavy (non-hydrogen) atoms. The standard InChI is InChI=1S/C10H13NO5/c1-2-9(12)15-6-7-16-10(13)4-3-5-14-8-11/h2H,1,3-7H2. The van der Waals surface area contributed by atoms with Gasteiger partial charge in [0.2, 0.25) is 0 Å². The first kappa shape index (κ1) is 14.0. The highest BCUT2D eigenvalue weighted by Crippen LogP contribution is 1.93. The number of hydrogen-bond donors (Lipinski definition) is 0. The van der Waals surface area contributed by atoms with Crippen molar-refractivity contribution in [3.8, 4) is 6.26 Å². The number of nitrogens with zero attached hydrogens (tertiary/aromatic N) is 1. The molecule has 0 heterocycles. The normalized spacial score (nSPS) is 8.69. The highest BCUT2D eigenvalue weighted by Gasteiger charge is 2.03. The summed E-state index contributed by atoms with van der Waals surface area (Å²) in [6.07, 6.45) is 3.10. The van der Waals surface area contributed by atoms with Gasteiger partial charge in [-0.05, 0) is 6.42 Å². The Labute approximate surface area is 93.4 Å². The number of nitriles is 1.